The van der Waals surface area contributed by atoms with E-state index < -0.39 is 0 Å². The molecule has 0 amide bonds. The minimum absolute atomic E-state index is 0.250. The number of carbonyl (C=O) groups is 1. The molecule has 1 heterocycles. The van der Waals surface area contributed by atoms with Gasteiger partial charge in [0.25, 0.3) is 0 Å². The first kappa shape index (κ1) is 23.5. The monoisotopic (exact) mass is 416 g/mol. The third-order valence-electron chi connectivity index (χ3n) is 4.99. The van der Waals surface area contributed by atoms with Gasteiger partial charge in [0.15, 0.2) is 0 Å². The molecule has 29 heavy (non-hydrogen) atoms. The Morgan fingerprint density at radius 3 is 2.03 bits per heavy atom. The SMILES string of the molecule is CCCCCCCCCCCCOc1ccc(-c2ccc(C(=O)OCC)s2)cc1. The number of unbranched alkanes of at least 4 members (excludes halogenated alkanes) is 9. The van der Waals surface area contributed by atoms with E-state index in [2.05, 4.69) is 19.1 Å². The van der Waals surface area contributed by atoms with Gasteiger partial charge in [-0.25, -0.2) is 4.79 Å². The van der Waals surface area contributed by atoms with Gasteiger partial charge in [0.1, 0.15) is 10.6 Å². The van der Waals surface area contributed by atoms with Crippen LogP contribution < -0.4 is 4.74 Å². The third-order valence-corrected chi connectivity index (χ3v) is 6.10. The molecule has 0 radical (unpaired) electrons. The van der Waals surface area contributed by atoms with Crippen LogP contribution in [0, 0.1) is 0 Å². The van der Waals surface area contributed by atoms with Crippen LogP contribution in [0.4, 0.5) is 0 Å². The maximum absolute atomic E-state index is 11.8. The van der Waals surface area contributed by atoms with Crippen molar-refractivity contribution in [3.63, 3.8) is 0 Å². The molecule has 0 aliphatic heterocycles. The molecule has 0 bridgehead atoms. The highest BCUT2D eigenvalue weighted by Crippen LogP contribution is 2.30. The normalized spacial score (nSPS) is 10.8. The Hall–Kier alpha value is -1.81. The Bertz CT molecular complexity index is 690. The van der Waals surface area contributed by atoms with E-state index >= 15 is 0 Å². The highest BCUT2D eigenvalue weighted by Gasteiger charge is 2.11. The fourth-order valence-electron chi connectivity index (χ4n) is 3.30. The predicted molar refractivity (Wildman–Crippen MR) is 123 cm³/mol. The second kappa shape index (κ2) is 14.2. The molecular weight excluding hydrogens is 380 g/mol. The molecule has 0 aliphatic rings. The minimum Gasteiger partial charge on any atom is -0.494 e. The van der Waals surface area contributed by atoms with Gasteiger partial charge in [-0.2, -0.15) is 0 Å². The molecule has 0 atom stereocenters. The summed E-state index contributed by atoms with van der Waals surface area (Å²) in [4.78, 5) is 13.5. The molecule has 0 spiro atoms. The number of thiophene rings is 1. The first-order chi connectivity index (χ1) is 14.2. The third kappa shape index (κ3) is 9.03. The summed E-state index contributed by atoms with van der Waals surface area (Å²) in [5.74, 6) is 0.659. The predicted octanol–water partition coefficient (Wildman–Crippen LogP) is 7.89. The smallest absolute Gasteiger partial charge is 0.348 e. The number of esters is 1. The Kier molecular flexibility index (Phi) is 11.5. The van der Waals surface area contributed by atoms with Crippen LogP contribution in [-0.2, 0) is 4.74 Å². The van der Waals surface area contributed by atoms with Crippen LogP contribution in [-0.4, -0.2) is 19.2 Å². The van der Waals surface area contributed by atoms with Crippen molar-refractivity contribution in [2.45, 2.75) is 78.1 Å². The molecule has 0 saturated carbocycles. The molecule has 160 valence electrons. The van der Waals surface area contributed by atoms with Crippen molar-refractivity contribution in [3.05, 3.63) is 41.3 Å². The topological polar surface area (TPSA) is 35.5 Å². The fraction of sp³-hybridized carbons (Fsp3) is 0.560. The zero-order valence-corrected chi connectivity index (χ0v) is 18.9. The molecule has 1 aromatic carbocycles. The van der Waals surface area contributed by atoms with Gasteiger partial charge in [-0.05, 0) is 55.3 Å². The van der Waals surface area contributed by atoms with Crippen LogP contribution in [0.2, 0.25) is 0 Å². The van der Waals surface area contributed by atoms with Gasteiger partial charge in [0, 0.05) is 4.88 Å². The maximum atomic E-state index is 11.8. The van der Waals surface area contributed by atoms with E-state index in [0.717, 1.165) is 29.2 Å². The summed E-state index contributed by atoms with van der Waals surface area (Å²) in [6.45, 7) is 5.27. The minimum atomic E-state index is -0.250. The van der Waals surface area contributed by atoms with Crippen molar-refractivity contribution in [1.29, 1.82) is 0 Å². The maximum Gasteiger partial charge on any atom is 0.348 e. The molecule has 2 rings (SSSR count). The van der Waals surface area contributed by atoms with Crippen molar-refractivity contribution in [2.75, 3.05) is 13.2 Å². The molecule has 2 aromatic rings. The van der Waals surface area contributed by atoms with Gasteiger partial charge >= 0.3 is 5.97 Å². The summed E-state index contributed by atoms with van der Waals surface area (Å²) < 4.78 is 10.9. The number of hydrogen-bond acceptors (Lipinski definition) is 4. The summed E-state index contributed by atoms with van der Waals surface area (Å²) in [5.41, 5.74) is 1.09. The zero-order valence-electron chi connectivity index (χ0n) is 18.1. The lowest BCUT2D eigenvalue weighted by molar-refractivity contribution is 0.0532. The summed E-state index contributed by atoms with van der Waals surface area (Å²) in [7, 11) is 0. The number of rotatable bonds is 15. The van der Waals surface area contributed by atoms with Crippen molar-refractivity contribution in [2.24, 2.45) is 0 Å². The molecule has 1 aromatic heterocycles. The van der Waals surface area contributed by atoms with Crippen LogP contribution in [0.1, 0.15) is 87.7 Å². The molecule has 0 unspecified atom stereocenters. The van der Waals surface area contributed by atoms with Crippen LogP contribution in [0.25, 0.3) is 10.4 Å². The van der Waals surface area contributed by atoms with E-state index in [1.807, 2.05) is 31.2 Å². The van der Waals surface area contributed by atoms with Crippen LogP contribution in [0.3, 0.4) is 0 Å². The van der Waals surface area contributed by atoms with Gasteiger partial charge < -0.3 is 9.47 Å². The van der Waals surface area contributed by atoms with Crippen LogP contribution >= 0.6 is 11.3 Å². The summed E-state index contributed by atoms with van der Waals surface area (Å²) >= 11 is 1.46. The first-order valence-electron chi connectivity index (χ1n) is 11.2. The van der Waals surface area contributed by atoms with Gasteiger partial charge in [-0.3, -0.25) is 0 Å². The van der Waals surface area contributed by atoms with Crippen molar-refractivity contribution in [1.82, 2.24) is 0 Å². The van der Waals surface area contributed by atoms with E-state index in [1.165, 1.54) is 69.1 Å². The average Bonchev–Trinajstić information content (AvgIpc) is 3.23. The average molecular weight is 417 g/mol. The Morgan fingerprint density at radius 1 is 0.793 bits per heavy atom. The van der Waals surface area contributed by atoms with Crippen molar-refractivity contribution >= 4 is 17.3 Å². The number of benzene rings is 1. The Balaban J connectivity index is 1.60. The molecule has 4 heteroatoms. The van der Waals surface area contributed by atoms with Gasteiger partial charge in [-0.1, -0.05) is 64.7 Å². The van der Waals surface area contributed by atoms with Gasteiger partial charge in [-0.15, -0.1) is 11.3 Å². The number of ether oxygens (including phenoxy) is 2. The van der Waals surface area contributed by atoms with E-state index in [9.17, 15) is 4.79 Å². The summed E-state index contributed by atoms with van der Waals surface area (Å²) in [5, 5.41) is 0. The molecule has 0 saturated heterocycles. The lowest BCUT2D eigenvalue weighted by atomic mass is 10.1. The highest BCUT2D eigenvalue weighted by atomic mass is 32.1. The summed E-state index contributed by atoms with van der Waals surface area (Å²) in [6.07, 6.45) is 13.3. The second-order valence-electron chi connectivity index (χ2n) is 7.44. The second-order valence-corrected chi connectivity index (χ2v) is 8.52. The van der Waals surface area contributed by atoms with E-state index in [0.29, 0.717) is 11.5 Å². The number of carbonyl (C=O) groups excluding carboxylic acids is 1. The lowest BCUT2D eigenvalue weighted by Gasteiger charge is -2.07. The largest absolute Gasteiger partial charge is 0.494 e. The molecule has 0 aliphatic carbocycles. The Morgan fingerprint density at radius 2 is 1.41 bits per heavy atom. The van der Waals surface area contributed by atoms with Crippen molar-refractivity contribution in [3.8, 4) is 16.2 Å². The van der Waals surface area contributed by atoms with E-state index in [1.54, 1.807) is 0 Å². The van der Waals surface area contributed by atoms with E-state index in [-0.39, 0.29) is 5.97 Å². The van der Waals surface area contributed by atoms with Gasteiger partial charge in [0.2, 0.25) is 0 Å². The Labute approximate surface area is 180 Å². The molecule has 0 fully saturated rings. The van der Waals surface area contributed by atoms with Crippen molar-refractivity contribution < 1.29 is 14.3 Å². The number of hydrogen-bond donors (Lipinski definition) is 0. The molecule has 0 N–H and O–H groups in total. The standard InChI is InChI=1S/C25H36O3S/c1-3-5-6-7-8-9-10-11-12-13-20-28-22-16-14-21(15-17-22)23-18-19-24(29-23)25(26)27-4-2/h14-19H,3-13,20H2,1-2H3. The quantitative estimate of drug-likeness (QED) is 0.219. The zero-order chi connectivity index (χ0) is 20.7. The lowest BCUT2D eigenvalue weighted by Crippen LogP contribution is -2.01. The van der Waals surface area contributed by atoms with Crippen LogP contribution in [0.15, 0.2) is 36.4 Å². The van der Waals surface area contributed by atoms with Crippen LogP contribution in [0.5, 0.6) is 5.75 Å². The molecular formula is C25H36O3S. The first-order valence-corrected chi connectivity index (χ1v) is 12.1. The fourth-order valence-corrected chi connectivity index (χ4v) is 4.21. The molecule has 3 nitrogen and oxygen atoms in total. The van der Waals surface area contributed by atoms with E-state index in [4.69, 9.17) is 9.47 Å². The highest BCUT2D eigenvalue weighted by molar-refractivity contribution is 7.17. The summed E-state index contributed by atoms with van der Waals surface area (Å²) in [6, 6.07) is 11.9. The van der Waals surface area contributed by atoms with Gasteiger partial charge in [0.05, 0.1) is 13.2 Å².